The Morgan fingerprint density at radius 2 is 2.11 bits per heavy atom. The Hall–Kier alpha value is -1.74. The van der Waals surface area contributed by atoms with Crippen LogP contribution >= 0.6 is 0 Å². The largest absolute Gasteiger partial charge is 0.394 e. The van der Waals surface area contributed by atoms with Crippen molar-refractivity contribution >= 4 is 16.9 Å². The summed E-state index contributed by atoms with van der Waals surface area (Å²) >= 11 is 0. The van der Waals surface area contributed by atoms with Crippen molar-refractivity contribution in [1.82, 2.24) is 14.5 Å². The van der Waals surface area contributed by atoms with Gasteiger partial charge in [0.2, 0.25) is 0 Å². The second kappa shape index (κ2) is 4.42. The van der Waals surface area contributed by atoms with Crippen molar-refractivity contribution in [2.75, 3.05) is 12.3 Å². The summed E-state index contributed by atoms with van der Waals surface area (Å²) < 4.78 is 7.01. The van der Waals surface area contributed by atoms with E-state index in [0.29, 0.717) is 11.0 Å². The third-order valence-corrected chi connectivity index (χ3v) is 3.31. The predicted molar refractivity (Wildman–Crippen MR) is 64.9 cm³/mol. The lowest BCUT2D eigenvalue weighted by atomic mass is 10.1. The van der Waals surface area contributed by atoms with Crippen LogP contribution in [0.1, 0.15) is 6.23 Å². The minimum atomic E-state index is -1.15. The van der Waals surface area contributed by atoms with Gasteiger partial charge in [0.15, 0.2) is 12.0 Å². The molecule has 1 aliphatic heterocycles. The zero-order chi connectivity index (χ0) is 13.6. The van der Waals surface area contributed by atoms with E-state index in [1.807, 2.05) is 0 Å². The Morgan fingerprint density at radius 1 is 1.32 bits per heavy atom. The Morgan fingerprint density at radius 3 is 2.79 bits per heavy atom. The maximum atomic E-state index is 9.98. The van der Waals surface area contributed by atoms with Gasteiger partial charge in [0.25, 0.3) is 0 Å². The van der Waals surface area contributed by atoms with E-state index >= 15 is 0 Å². The number of nitrogens with zero attached hydrogens (tertiary/aromatic N) is 3. The number of hydrogen-bond acceptors (Lipinski definition) is 7. The van der Waals surface area contributed by atoms with E-state index in [0.717, 1.165) is 0 Å². The third-order valence-electron chi connectivity index (χ3n) is 3.31. The number of aliphatic hydroxyl groups is 3. The summed E-state index contributed by atoms with van der Waals surface area (Å²) in [4.78, 5) is 8.03. The van der Waals surface area contributed by atoms with Gasteiger partial charge in [-0.3, -0.25) is 0 Å². The number of ether oxygens (including phenoxy) is 1. The number of nitrogens with two attached hydrogens (primary N) is 1. The minimum absolute atomic E-state index is 0.281. The topological polar surface area (TPSA) is 127 Å². The summed E-state index contributed by atoms with van der Waals surface area (Å²) in [5.41, 5.74) is 6.85. The molecule has 8 nitrogen and oxygen atoms in total. The first kappa shape index (κ1) is 12.3. The second-order valence-corrected chi connectivity index (χ2v) is 4.44. The van der Waals surface area contributed by atoms with Crippen LogP contribution < -0.4 is 5.73 Å². The molecule has 1 fully saturated rings. The Bertz CT molecular complexity index is 601. The molecule has 0 unspecified atom stereocenters. The molecule has 5 N–H and O–H groups in total. The van der Waals surface area contributed by atoms with Gasteiger partial charge in [0.05, 0.1) is 18.5 Å². The highest BCUT2D eigenvalue weighted by atomic mass is 16.6. The van der Waals surface area contributed by atoms with Gasteiger partial charge in [-0.25, -0.2) is 9.97 Å². The van der Waals surface area contributed by atoms with Crippen molar-refractivity contribution in [1.29, 1.82) is 0 Å². The molecule has 4 atom stereocenters. The van der Waals surface area contributed by atoms with Gasteiger partial charge in [-0.05, 0) is 6.07 Å². The van der Waals surface area contributed by atoms with E-state index < -0.39 is 24.5 Å². The first-order chi connectivity index (χ1) is 9.13. The van der Waals surface area contributed by atoms with Crippen LogP contribution in [-0.4, -0.2) is 54.8 Å². The fourth-order valence-corrected chi connectivity index (χ4v) is 2.29. The fraction of sp³-hybridized carbons (Fsp3) is 0.455. The van der Waals surface area contributed by atoms with Crippen LogP contribution in [0.2, 0.25) is 0 Å². The summed E-state index contributed by atoms with van der Waals surface area (Å²) in [5.74, 6) is 0.281. The molecular weight excluding hydrogens is 252 g/mol. The van der Waals surface area contributed by atoms with Crippen LogP contribution in [0.5, 0.6) is 0 Å². The van der Waals surface area contributed by atoms with Gasteiger partial charge in [0, 0.05) is 6.20 Å². The number of imidazole rings is 1. The minimum Gasteiger partial charge on any atom is -0.394 e. The van der Waals surface area contributed by atoms with Crippen molar-refractivity contribution in [2.24, 2.45) is 0 Å². The zero-order valence-electron chi connectivity index (χ0n) is 9.92. The summed E-state index contributed by atoms with van der Waals surface area (Å²) in [5, 5.41) is 28.8. The van der Waals surface area contributed by atoms with Crippen LogP contribution in [0.3, 0.4) is 0 Å². The standard InChI is InChI=1S/C11H14N4O4/c12-10-7-5(1-2-13-10)15(4-14-7)11-9(18)8(17)6(3-16)19-11/h1-2,4,6,8-9,11,16-18H,3H2,(H2,12,13)/t6-,8-,9-,11+/m1/s1. The average Bonchev–Trinajstić information content (AvgIpc) is 2.94. The van der Waals surface area contributed by atoms with Crippen LogP contribution in [0.15, 0.2) is 18.6 Å². The monoisotopic (exact) mass is 266 g/mol. The molecule has 0 aromatic carbocycles. The molecule has 8 heteroatoms. The molecule has 2 aromatic heterocycles. The van der Waals surface area contributed by atoms with Crippen LogP contribution in [0.4, 0.5) is 5.82 Å². The number of rotatable bonds is 2. The molecule has 19 heavy (non-hydrogen) atoms. The first-order valence-electron chi connectivity index (χ1n) is 5.83. The number of fused-ring (bicyclic) bond motifs is 1. The lowest BCUT2D eigenvalue weighted by Gasteiger charge is -2.16. The molecular formula is C11H14N4O4. The van der Waals surface area contributed by atoms with Crippen molar-refractivity contribution in [2.45, 2.75) is 24.5 Å². The molecule has 1 aliphatic rings. The molecule has 2 aromatic rings. The van der Waals surface area contributed by atoms with E-state index in [1.165, 1.54) is 12.5 Å². The molecule has 1 saturated heterocycles. The third kappa shape index (κ3) is 1.77. The zero-order valence-corrected chi connectivity index (χ0v) is 9.92. The number of nitrogen functional groups attached to an aromatic ring is 1. The Labute approximate surface area is 108 Å². The number of pyridine rings is 1. The molecule has 102 valence electrons. The Kier molecular flexibility index (Phi) is 2.86. The highest BCUT2D eigenvalue weighted by Crippen LogP contribution is 2.32. The van der Waals surface area contributed by atoms with Crippen molar-refractivity contribution < 1.29 is 20.1 Å². The van der Waals surface area contributed by atoms with Gasteiger partial charge in [0.1, 0.15) is 23.8 Å². The first-order valence-corrected chi connectivity index (χ1v) is 5.83. The van der Waals surface area contributed by atoms with Gasteiger partial charge in [-0.1, -0.05) is 0 Å². The smallest absolute Gasteiger partial charge is 0.164 e. The lowest BCUT2D eigenvalue weighted by Crippen LogP contribution is -2.33. The van der Waals surface area contributed by atoms with E-state index in [1.54, 1.807) is 10.6 Å². The van der Waals surface area contributed by atoms with E-state index in [9.17, 15) is 10.2 Å². The Balaban J connectivity index is 2.04. The van der Waals surface area contributed by atoms with Crippen molar-refractivity contribution in [3.63, 3.8) is 0 Å². The molecule has 0 aliphatic carbocycles. The van der Waals surface area contributed by atoms with E-state index in [4.69, 9.17) is 15.6 Å². The number of anilines is 1. The normalized spacial score (nSPS) is 31.1. The summed E-state index contributed by atoms with van der Waals surface area (Å²) in [6.45, 7) is -0.370. The van der Waals surface area contributed by atoms with Crippen LogP contribution in [0, 0.1) is 0 Å². The highest BCUT2D eigenvalue weighted by molar-refractivity contribution is 5.84. The van der Waals surface area contributed by atoms with Crippen LogP contribution in [0.25, 0.3) is 11.0 Å². The van der Waals surface area contributed by atoms with Gasteiger partial charge >= 0.3 is 0 Å². The van der Waals surface area contributed by atoms with Gasteiger partial charge < -0.3 is 30.4 Å². The quantitative estimate of drug-likeness (QED) is 0.528. The molecule has 3 heterocycles. The molecule has 0 radical (unpaired) electrons. The van der Waals surface area contributed by atoms with Crippen molar-refractivity contribution in [3.05, 3.63) is 18.6 Å². The second-order valence-electron chi connectivity index (χ2n) is 4.44. The highest BCUT2D eigenvalue weighted by Gasteiger charge is 2.43. The van der Waals surface area contributed by atoms with Crippen LogP contribution in [-0.2, 0) is 4.74 Å². The summed E-state index contributed by atoms with van der Waals surface area (Å²) in [6.07, 6.45) is -0.952. The van der Waals surface area contributed by atoms with E-state index in [-0.39, 0.29) is 12.4 Å². The van der Waals surface area contributed by atoms with Gasteiger partial charge in [-0.2, -0.15) is 0 Å². The lowest BCUT2D eigenvalue weighted by molar-refractivity contribution is -0.0508. The molecule has 3 rings (SSSR count). The molecule has 0 saturated carbocycles. The number of hydrogen-bond donors (Lipinski definition) is 4. The fourth-order valence-electron chi connectivity index (χ4n) is 2.29. The molecule has 0 bridgehead atoms. The predicted octanol–water partition coefficient (Wildman–Crippen LogP) is -1.38. The maximum absolute atomic E-state index is 9.98. The maximum Gasteiger partial charge on any atom is 0.164 e. The van der Waals surface area contributed by atoms with Crippen molar-refractivity contribution in [3.8, 4) is 0 Å². The van der Waals surface area contributed by atoms with Gasteiger partial charge in [-0.15, -0.1) is 0 Å². The van der Waals surface area contributed by atoms with E-state index in [2.05, 4.69) is 9.97 Å². The number of aromatic nitrogens is 3. The number of aliphatic hydroxyl groups excluding tert-OH is 3. The summed E-state index contributed by atoms with van der Waals surface area (Å²) in [6, 6.07) is 1.69. The molecule has 0 spiro atoms. The molecule has 0 amide bonds. The SMILES string of the molecule is Nc1nccc2c1ncn2[C@H]1O[C@H](CO)[C@@H](O)[C@H]1O. The summed E-state index contributed by atoms with van der Waals surface area (Å²) in [7, 11) is 0. The average molecular weight is 266 g/mol.